The van der Waals surface area contributed by atoms with Crippen molar-refractivity contribution in [2.75, 3.05) is 5.88 Å². The van der Waals surface area contributed by atoms with Gasteiger partial charge in [0.2, 0.25) is 0 Å². The third kappa shape index (κ3) is 4.24. The van der Waals surface area contributed by atoms with Crippen LogP contribution in [0.2, 0.25) is 0 Å². The molecule has 0 aliphatic heterocycles. The summed E-state index contributed by atoms with van der Waals surface area (Å²) in [5.41, 5.74) is 1.59. The zero-order valence-electron chi connectivity index (χ0n) is 12.7. The molecule has 0 atom stereocenters. The van der Waals surface area contributed by atoms with Crippen LogP contribution in [0.3, 0.4) is 0 Å². The number of carbonyl (C=O) groups is 1. The molecule has 21 heavy (non-hydrogen) atoms. The summed E-state index contributed by atoms with van der Waals surface area (Å²) < 4.78 is 24.5. The highest BCUT2D eigenvalue weighted by molar-refractivity contribution is 7.91. The maximum Gasteiger partial charge on any atom is 0.198 e. The number of benzene rings is 1. The summed E-state index contributed by atoms with van der Waals surface area (Å²) >= 11 is 0. The Bertz CT molecular complexity index is 670. The number of Topliss-reactive ketones (excluding diaryl/α,β-unsaturated/α-hetero) is 1. The lowest BCUT2D eigenvalue weighted by molar-refractivity contribution is -0.120. The monoisotopic (exact) mass is 307 g/mol. The van der Waals surface area contributed by atoms with Crippen LogP contribution in [0.25, 0.3) is 0 Å². The maximum absolute atomic E-state index is 12.2. The van der Waals surface area contributed by atoms with Crippen molar-refractivity contribution in [3.63, 3.8) is 0 Å². The standard InChI is InChI=1S/C16H21NO3S/c1-12-4-6-15(7-5-12)21(19,20)11-17-13-8-14(18)10-16(2,3)9-13/h4-7H,8-11H2,1-3H3. The molecule has 1 aliphatic rings. The number of rotatable bonds is 3. The lowest BCUT2D eigenvalue weighted by Gasteiger charge is -2.29. The van der Waals surface area contributed by atoms with Crippen LogP contribution in [0.1, 0.15) is 38.7 Å². The predicted molar refractivity (Wildman–Crippen MR) is 83.3 cm³/mol. The molecular formula is C16H21NO3S. The van der Waals surface area contributed by atoms with Gasteiger partial charge >= 0.3 is 0 Å². The summed E-state index contributed by atoms with van der Waals surface area (Å²) in [6.07, 6.45) is 1.51. The first-order chi connectivity index (χ1) is 9.68. The van der Waals surface area contributed by atoms with Crippen molar-refractivity contribution in [3.8, 4) is 0 Å². The molecule has 2 rings (SSSR count). The molecule has 1 saturated carbocycles. The third-order valence-electron chi connectivity index (χ3n) is 3.60. The van der Waals surface area contributed by atoms with Gasteiger partial charge in [0.1, 0.15) is 11.7 Å². The van der Waals surface area contributed by atoms with Gasteiger partial charge in [-0.15, -0.1) is 0 Å². The molecule has 0 heterocycles. The number of carbonyl (C=O) groups excluding carboxylic acids is 1. The average Bonchev–Trinajstić information content (AvgIpc) is 2.35. The van der Waals surface area contributed by atoms with E-state index in [4.69, 9.17) is 0 Å². The largest absolute Gasteiger partial charge is 0.299 e. The lowest BCUT2D eigenvalue weighted by Crippen LogP contribution is -2.29. The van der Waals surface area contributed by atoms with E-state index in [1.165, 1.54) is 0 Å². The molecule has 1 aliphatic carbocycles. The number of sulfone groups is 1. The van der Waals surface area contributed by atoms with Crippen molar-refractivity contribution in [2.24, 2.45) is 10.4 Å². The number of ketones is 1. The van der Waals surface area contributed by atoms with Crippen molar-refractivity contribution < 1.29 is 13.2 Å². The highest BCUT2D eigenvalue weighted by atomic mass is 32.2. The van der Waals surface area contributed by atoms with Crippen molar-refractivity contribution in [1.29, 1.82) is 0 Å². The molecule has 0 spiro atoms. The molecular weight excluding hydrogens is 286 g/mol. The number of hydrogen-bond donors (Lipinski definition) is 0. The van der Waals surface area contributed by atoms with Gasteiger partial charge < -0.3 is 0 Å². The minimum Gasteiger partial charge on any atom is -0.299 e. The van der Waals surface area contributed by atoms with E-state index < -0.39 is 9.84 Å². The Balaban J connectivity index is 2.16. The quantitative estimate of drug-likeness (QED) is 0.862. The summed E-state index contributed by atoms with van der Waals surface area (Å²) in [4.78, 5) is 16.2. The number of nitrogens with zero attached hydrogens (tertiary/aromatic N) is 1. The van der Waals surface area contributed by atoms with Crippen LogP contribution in [0.15, 0.2) is 34.2 Å². The summed E-state index contributed by atoms with van der Waals surface area (Å²) in [6.45, 7) is 5.93. The van der Waals surface area contributed by atoms with Crippen LogP contribution in [0, 0.1) is 12.3 Å². The van der Waals surface area contributed by atoms with Crippen molar-refractivity contribution in [2.45, 2.75) is 44.9 Å². The minimum atomic E-state index is -3.43. The first kappa shape index (κ1) is 15.9. The summed E-state index contributed by atoms with van der Waals surface area (Å²) in [5.74, 6) is -0.146. The number of aryl methyl sites for hydroxylation is 1. The molecule has 114 valence electrons. The van der Waals surface area contributed by atoms with E-state index in [1.54, 1.807) is 24.3 Å². The predicted octanol–water partition coefficient (Wildman–Crippen LogP) is 2.95. The molecule has 5 heteroatoms. The van der Waals surface area contributed by atoms with Crippen LogP contribution >= 0.6 is 0 Å². The van der Waals surface area contributed by atoms with Gasteiger partial charge in [0.15, 0.2) is 9.84 Å². The van der Waals surface area contributed by atoms with E-state index in [1.807, 2.05) is 20.8 Å². The topological polar surface area (TPSA) is 63.6 Å². The normalized spacial score (nSPS) is 20.7. The fourth-order valence-corrected chi connectivity index (χ4v) is 3.66. The molecule has 0 aromatic heterocycles. The van der Waals surface area contributed by atoms with E-state index in [-0.39, 0.29) is 28.4 Å². The van der Waals surface area contributed by atoms with Crippen LogP contribution in [-0.4, -0.2) is 25.8 Å². The van der Waals surface area contributed by atoms with Crippen molar-refractivity contribution >= 4 is 21.3 Å². The summed E-state index contributed by atoms with van der Waals surface area (Å²) in [7, 11) is -3.43. The molecule has 1 fully saturated rings. The molecule has 0 bridgehead atoms. The van der Waals surface area contributed by atoms with E-state index in [0.717, 1.165) is 5.56 Å². The van der Waals surface area contributed by atoms with Gasteiger partial charge in [-0.25, -0.2) is 8.42 Å². The Morgan fingerprint density at radius 2 is 1.76 bits per heavy atom. The van der Waals surface area contributed by atoms with Crippen LogP contribution < -0.4 is 0 Å². The molecule has 1 aromatic rings. The Kier molecular flexibility index (Phi) is 4.33. The number of hydrogen-bond acceptors (Lipinski definition) is 4. The Morgan fingerprint density at radius 1 is 1.14 bits per heavy atom. The summed E-state index contributed by atoms with van der Waals surface area (Å²) in [5, 5.41) is 0. The average molecular weight is 307 g/mol. The second-order valence-corrected chi connectivity index (χ2v) is 8.47. The van der Waals surface area contributed by atoms with E-state index in [2.05, 4.69) is 4.99 Å². The molecule has 0 amide bonds. The maximum atomic E-state index is 12.2. The smallest absolute Gasteiger partial charge is 0.198 e. The molecule has 0 unspecified atom stereocenters. The van der Waals surface area contributed by atoms with Crippen LogP contribution in [-0.2, 0) is 14.6 Å². The third-order valence-corrected chi connectivity index (χ3v) is 5.06. The number of aliphatic imine (C=N–C) groups is 1. The fraction of sp³-hybridized carbons (Fsp3) is 0.500. The van der Waals surface area contributed by atoms with Crippen LogP contribution in [0.5, 0.6) is 0 Å². The fourth-order valence-electron chi connectivity index (χ4n) is 2.61. The molecule has 0 radical (unpaired) electrons. The zero-order valence-corrected chi connectivity index (χ0v) is 13.5. The molecule has 4 nitrogen and oxygen atoms in total. The SMILES string of the molecule is Cc1ccc(S(=O)(=O)CN=C2CC(=O)CC(C)(C)C2)cc1. The van der Waals surface area contributed by atoms with Crippen molar-refractivity contribution in [3.05, 3.63) is 29.8 Å². The Morgan fingerprint density at radius 3 is 2.33 bits per heavy atom. The first-order valence-corrected chi connectivity index (χ1v) is 8.67. The van der Waals surface area contributed by atoms with Gasteiger partial charge in [0.05, 0.1) is 4.90 Å². The van der Waals surface area contributed by atoms with Gasteiger partial charge in [-0.05, 0) is 30.9 Å². The van der Waals surface area contributed by atoms with Crippen LogP contribution in [0.4, 0.5) is 0 Å². The first-order valence-electron chi connectivity index (χ1n) is 7.01. The second-order valence-electron chi connectivity index (χ2n) is 6.51. The van der Waals surface area contributed by atoms with Gasteiger partial charge in [-0.3, -0.25) is 9.79 Å². The highest BCUT2D eigenvalue weighted by Gasteiger charge is 2.30. The lowest BCUT2D eigenvalue weighted by atomic mass is 9.76. The van der Waals surface area contributed by atoms with Crippen molar-refractivity contribution in [1.82, 2.24) is 0 Å². The van der Waals surface area contributed by atoms with Gasteiger partial charge in [0.25, 0.3) is 0 Å². The van der Waals surface area contributed by atoms with E-state index in [9.17, 15) is 13.2 Å². The van der Waals surface area contributed by atoms with Gasteiger partial charge in [0, 0.05) is 18.6 Å². The zero-order chi connectivity index (χ0) is 15.7. The molecule has 1 aromatic carbocycles. The molecule has 0 N–H and O–H groups in total. The van der Waals surface area contributed by atoms with Gasteiger partial charge in [-0.1, -0.05) is 31.5 Å². The Hall–Kier alpha value is -1.49. The minimum absolute atomic E-state index is 0.123. The highest BCUT2D eigenvalue weighted by Crippen LogP contribution is 2.31. The second kappa shape index (κ2) is 5.72. The molecule has 0 saturated heterocycles. The Labute approximate surface area is 126 Å². The van der Waals surface area contributed by atoms with Gasteiger partial charge in [-0.2, -0.15) is 0 Å². The van der Waals surface area contributed by atoms with E-state index in [0.29, 0.717) is 18.6 Å². The summed E-state index contributed by atoms with van der Waals surface area (Å²) in [6, 6.07) is 6.74. The van der Waals surface area contributed by atoms with E-state index >= 15 is 0 Å².